The molecule has 0 fully saturated rings. The minimum atomic E-state index is -0.509. The van der Waals surface area contributed by atoms with Gasteiger partial charge < -0.3 is 14.8 Å². The molecule has 0 radical (unpaired) electrons. The zero-order valence-corrected chi connectivity index (χ0v) is 14.7. The van der Waals surface area contributed by atoms with Gasteiger partial charge in [-0.1, -0.05) is 12.1 Å². The lowest BCUT2D eigenvalue weighted by molar-refractivity contribution is -0.123. The number of nitrogens with zero attached hydrogens (tertiary/aromatic N) is 2. The first-order valence-electron chi connectivity index (χ1n) is 8.25. The molecule has 0 aliphatic rings. The Balaban J connectivity index is 1.56. The molecule has 0 aliphatic heterocycles. The number of hydrogen-bond donors (Lipinski definition) is 1. The van der Waals surface area contributed by atoms with Crippen molar-refractivity contribution in [2.45, 2.75) is 6.54 Å². The number of halogens is 1. The highest BCUT2D eigenvalue weighted by Crippen LogP contribution is 2.20. The number of amides is 1. The molecule has 0 bridgehead atoms. The summed E-state index contributed by atoms with van der Waals surface area (Å²) in [6.45, 7) is -0.0670. The summed E-state index contributed by atoms with van der Waals surface area (Å²) in [5, 5.41) is 2.69. The van der Waals surface area contributed by atoms with Crippen LogP contribution in [0, 0.1) is 5.82 Å². The average Bonchev–Trinajstić information content (AvgIpc) is 2.72. The molecular formula is C20H18FN3O3. The van der Waals surface area contributed by atoms with Crippen molar-refractivity contribution in [3.05, 3.63) is 72.4 Å². The van der Waals surface area contributed by atoms with E-state index in [4.69, 9.17) is 9.47 Å². The summed E-state index contributed by atoms with van der Waals surface area (Å²) in [5.41, 5.74) is 2.29. The van der Waals surface area contributed by atoms with Gasteiger partial charge in [-0.3, -0.25) is 4.79 Å². The Kier molecular flexibility index (Phi) is 5.94. The number of rotatable bonds is 7. The fourth-order valence-electron chi connectivity index (χ4n) is 2.36. The second-order valence-corrected chi connectivity index (χ2v) is 5.62. The summed E-state index contributed by atoms with van der Waals surface area (Å²) >= 11 is 0. The maximum atomic E-state index is 13.5. The lowest BCUT2D eigenvalue weighted by atomic mass is 10.1. The van der Waals surface area contributed by atoms with Gasteiger partial charge in [-0.25, -0.2) is 14.4 Å². The molecule has 6 nitrogen and oxygen atoms in total. The number of methoxy groups -OCH3 is 1. The first-order chi connectivity index (χ1) is 13.2. The first-order valence-corrected chi connectivity index (χ1v) is 8.25. The molecule has 27 heavy (non-hydrogen) atoms. The van der Waals surface area contributed by atoms with Crippen molar-refractivity contribution in [2.75, 3.05) is 13.7 Å². The van der Waals surface area contributed by atoms with Crippen LogP contribution < -0.4 is 14.8 Å². The van der Waals surface area contributed by atoms with E-state index in [1.807, 2.05) is 24.3 Å². The van der Waals surface area contributed by atoms with Crippen LogP contribution in [0.15, 0.2) is 60.9 Å². The van der Waals surface area contributed by atoms with Crippen molar-refractivity contribution >= 4 is 5.91 Å². The highest BCUT2D eigenvalue weighted by Gasteiger charge is 2.08. The van der Waals surface area contributed by atoms with E-state index in [0.717, 1.165) is 17.0 Å². The van der Waals surface area contributed by atoms with Crippen molar-refractivity contribution in [3.8, 4) is 22.8 Å². The second-order valence-electron chi connectivity index (χ2n) is 5.62. The number of carbonyl (C=O) groups is 1. The molecule has 0 atom stereocenters. The topological polar surface area (TPSA) is 73.3 Å². The molecule has 2 aromatic carbocycles. The van der Waals surface area contributed by atoms with Crippen LogP contribution in [0.2, 0.25) is 0 Å². The molecule has 0 saturated heterocycles. The number of nitrogens with one attached hydrogen (secondary N) is 1. The van der Waals surface area contributed by atoms with Gasteiger partial charge in [-0.15, -0.1) is 0 Å². The first kappa shape index (κ1) is 18.3. The predicted octanol–water partition coefficient (Wildman–Crippen LogP) is 2.99. The summed E-state index contributed by atoms with van der Waals surface area (Å²) < 4.78 is 23.8. The zero-order valence-electron chi connectivity index (χ0n) is 14.7. The molecule has 7 heteroatoms. The number of ether oxygens (including phenoxy) is 2. The molecule has 0 spiro atoms. The summed E-state index contributed by atoms with van der Waals surface area (Å²) in [6, 6.07) is 15.2. The molecule has 1 heterocycles. The third-order valence-corrected chi connectivity index (χ3v) is 3.77. The van der Waals surface area contributed by atoms with Crippen LogP contribution in [0.4, 0.5) is 4.39 Å². The van der Waals surface area contributed by atoms with Gasteiger partial charge >= 0.3 is 0 Å². The van der Waals surface area contributed by atoms with E-state index >= 15 is 0 Å². The van der Waals surface area contributed by atoms with Crippen LogP contribution in [-0.2, 0) is 11.3 Å². The van der Waals surface area contributed by atoms with E-state index < -0.39 is 5.82 Å². The van der Waals surface area contributed by atoms with E-state index in [2.05, 4.69) is 15.3 Å². The number of benzene rings is 2. The second kappa shape index (κ2) is 8.75. The highest BCUT2D eigenvalue weighted by molar-refractivity contribution is 5.77. The van der Waals surface area contributed by atoms with Gasteiger partial charge in [0.25, 0.3) is 5.91 Å². The van der Waals surface area contributed by atoms with E-state index in [1.165, 1.54) is 18.5 Å². The number of carbonyl (C=O) groups excluding carboxylic acids is 1. The fourth-order valence-corrected chi connectivity index (χ4v) is 2.36. The minimum absolute atomic E-state index is 0.0384. The summed E-state index contributed by atoms with van der Waals surface area (Å²) in [6.07, 6.45) is 1.44. The van der Waals surface area contributed by atoms with Crippen LogP contribution in [0.1, 0.15) is 5.69 Å². The zero-order chi connectivity index (χ0) is 19.1. The summed E-state index contributed by atoms with van der Waals surface area (Å²) in [7, 11) is 1.61. The highest BCUT2D eigenvalue weighted by atomic mass is 19.1. The molecule has 1 aromatic heterocycles. The predicted molar refractivity (Wildman–Crippen MR) is 97.8 cm³/mol. The number of aromatic nitrogens is 2. The third-order valence-electron chi connectivity index (χ3n) is 3.77. The Morgan fingerprint density at radius 1 is 1.11 bits per heavy atom. The lowest BCUT2D eigenvalue weighted by Crippen LogP contribution is -2.28. The fraction of sp³-hybridized carbons (Fsp3) is 0.150. The quantitative estimate of drug-likeness (QED) is 0.695. The monoisotopic (exact) mass is 367 g/mol. The van der Waals surface area contributed by atoms with Gasteiger partial charge in [-0.2, -0.15) is 0 Å². The van der Waals surface area contributed by atoms with Crippen molar-refractivity contribution in [1.82, 2.24) is 15.3 Å². The summed E-state index contributed by atoms with van der Waals surface area (Å²) in [5.74, 6) is -0.0836. The Labute approximate surface area is 156 Å². The van der Waals surface area contributed by atoms with Crippen molar-refractivity contribution < 1.29 is 18.7 Å². The minimum Gasteiger partial charge on any atom is -0.497 e. The van der Waals surface area contributed by atoms with Crippen LogP contribution in [0.5, 0.6) is 11.5 Å². The Hall–Kier alpha value is -3.48. The van der Waals surface area contributed by atoms with E-state index in [0.29, 0.717) is 5.69 Å². The largest absolute Gasteiger partial charge is 0.497 e. The SMILES string of the molecule is COc1ccc(-c2cc(CNC(=O)COc3ccccc3F)ncn2)cc1. The van der Waals surface area contributed by atoms with Crippen LogP contribution >= 0.6 is 0 Å². The molecule has 0 saturated carbocycles. The molecule has 138 valence electrons. The number of para-hydroxylation sites is 1. The third kappa shape index (κ3) is 5.01. The van der Waals surface area contributed by atoms with Crippen LogP contribution in [0.3, 0.4) is 0 Å². The van der Waals surface area contributed by atoms with Crippen LogP contribution in [-0.4, -0.2) is 29.6 Å². The van der Waals surface area contributed by atoms with Crippen molar-refractivity contribution in [2.24, 2.45) is 0 Å². The molecular weight excluding hydrogens is 349 g/mol. The molecule has 0 aliphatic carbocycles. The lowest BCUT2D eigenvalue weighted by Gasteiger charge is -2.08. The van der Waals surface area contributed by atoms with Crippen molar-refractivity contribution in [1.29, 1.82) is 0 Å². The Morgan fingerprint density at radius 2 is 1.89 bits per heavy atom. The number of hydrogen-bond acceptors (Lipinski definition) is 5. The smallest absolute Gasteiger partial charge is 0.258 e. The van der Waals surface area contributed by atoms with E-state index in [9.17, 15) is 9.18 Å². The molecule has 3 rings (SSSR count). The van der Waals surface area contributed by atoms with E-state index in [-0.39, 0.29) is 24.8 Å². The standard InChI is InChI=1S/C20H18FN3O3/c1-26-16-8-6-14(7-9-16)18-10-15(23-13-24-18)11-22-20(25)12-27-19-5-3-2-4-17(19)21/h2-10,13H,11-12H2,1H3,(H,22,25). The van der Waals surface area contributed by atoms with E-state index in [1.54, 1.807) is 25.3 Å². The Bertz CT molecular complexity index is 916. The molecule has 3 aromatic rings. The van der Waals surface area contributed by atoms with Gasteiger partial charge in [0.15, 0.2) is 18.2 Å². The maximum Gasteiger partial charge on any atom is 0.258 e. The maximum absolute atomic E-state index is 13.5. The van der Waals surface area contributed by atoms with Gasteiger partial charge in [0.05, 0.1) is 25.0 Å². The van der Waals surface area contributed by atoms with Crippen LogP contribution in [0.25, 0.3) is 11.3 Å². The van der Waals surface area contributed by atoms with Gasteiger partial charge in [-0.05, 0) is 42.5 Å². The average molecular weight is 367 g/mol. The van der Waals surface area contributed by atoms with Crippen molar-refractivity contribution in [3.63, 3.8) is 0 Å². The molecule has 1 N–H and O–H groups in total. The van der Waals surface area contributed by atoms with Gasteiger partial charge in [0, 0.05) is 5.56 Å². The Morgan fingerprint density at radius 3 is 2.63 bits per heavy atom. The molecule has 1 amide bonds. The van der Waals surface area contributed by atoms with Gasteiger partial charge in [0.1, 0.15) is 12.1 Å². The summed E-state index contributed by atoms with van der Waals surface area (Å²) in [4.78, 5) is 20.3. The molecule has 0 unspecified atom stereocenters. The van der Waals surface area contributed by atoms with Gasteiger partial charge in [0.2, 0.25) is 0 Å². The normalized spacial score (nSPS) is 10.3.